The number of nitrogens with one attached hydrogen (secondary N) is 1. The first-order chi connectivity index (χ1) is 16.8. The van der Waals surface area contributed by atoms with Crippen molar-refractivity contribution in [3.05, 3.63) is 58.4 Å². The van der Waals surface area contributed by atoms with Crippen LogP contribution < -0.4 is 20.3 Å². The minimum atomic E-state index is -0.166. The highest BCUT2D eigenvalue weighted by atomic mass is 16.5. The molecule has 0 aliphatic heterocycles. The molecule has 4 aromatic rings. The molecule has 0 bridgehead atoms. The third kappa shape index (κ3) is 4.46. The van der Waals surface area contributed by atoms with Crippen LogP contribution in [-0.4, -0.2) is 37.0 Å². The van der Waals surface area contributed by atoms with E-state index < -0.39 is 0 Å². The van der Waals surface area contributed by atoms with Crippen LogP contribution >= 0.6 is 0 Å². The normalized spacial score (nSPS) is 13.1. The van der Waals surface area contributed by atoms with Gasteiger partial charge in [0.15, 0.2) is 17.1 Å². The van der Waals surface area contributed by atoms with Gasteiger partial charge >= 0.3 is 0 Å². The van der Waals surface area contributed by atoms with Crippen molar-refractivity contribution in [2.24, 2.45) is 20.0 Å². The van der Waals surface area contributed by atoms with Gasteiger partial charge in [0.1, 0.15) is 22.7 Å². The van der Waals surface area contributed by atoms with Crippen molar-refractivity contribution in [3.8, 4) is 17.2 Å². The summed E-state index contributed by atoms with van der Waals surface area (Å²) in [6, 6.07) is 5.25. The monoisotopic (exact) mass is 474 g/mol. The topological polar surface area (TPSA) is 113 Å². The molecule has 1 saturated carbocycles. The van der Waals surface area contributed by atoms with E-state index in [4.69, 9.17) is 9.47 Å². The largest absolute Gasteiger partial charge is 0.491 e. The molecule has 10 heteroatoms. The fourth-order valence-electron chi connectivity index (χ4n) is 4.07. The number of hydrogen-bond acceptors (Lipinski definition) is 8. The first kappa shape index (κ1) is 22.6. The summed E-state index contributed by atoms with van der Waals surface area (Å²) in [5.41, 5.74) is 2.89. The lowest BCUT2D eigenvalue weighted by atomic mass is 10.1. The second kappa shape index (κ2) is 8.86. The average molecular weight is 475 g/mol. The summed E-state index contributed by atoms with van der Waals surface area (Å²) in [5.74, 6) is 2.21. The number of hydrogen-bond donors (Lipinski definition) is 1. The lowest BCUT2D eigenvalue weighted by molar-refractivity contribution is -0.119. The Morgan fingerprint density at radius 3 is 2.77 bits per heavy atom. The maximum atomic E-state index is 12.5. The van der Waals surface area contributed by atoms with Gasteiger partial charge in [-0.25, -0.2) is 4.98 Å². The lowest BCUT2D eigenvalue weighted by Crippen LogP contribution is -2.20. The summed E-state index contributed by atoms with van der Waals surface area (Å²) in [5, 5.41) is 3.11. The van der Waals surface area contributed by atoms with E-state index in [2.05, 4.69) is 20.3 Å². The third-order valence-corrected chi connectivity index (χ3v) is 5.99. The number of ether oxygens (including phenoxy) is 2. The number of aromatic nitrogens is 5. The number of methoxy groups -OCH3 is 1. The molecule has 5 rings (SSSR count). The van der Waals surface area contributed by atoms with Crippen LogP contribution in [0.1, 0.15) is 24.1 Å². The molecule has 0 amide bonds. The van der Waals surface area contributed by atoms with Gasteiger partial charge in [-0.1, -0.05) is 0 Å². The predicted molar refractivity (Wildman–Crippen MR) is 131 cm³/mol. The number of anilines is 2. The van der Waals surface area contributed by atoms with Gasteiger partial charge in [0.25, 0.3) is 5.56 Å². The van der Waals surface area contributed by atoms with E-state index in [1.807, 2.05) is 6.92 Å². The Balaban J connectivity index is 1.46. The van der Waals surface area contributed by atoms with Gasteiger partial charge in [0.05, 0.1) is 19.0 Å². The first-order valence-corrected chi connectivity index (χ1v) is 11.3. The molecule has 4 aromatic heterocycles. The van der Waals surface area contributed by atoms with E-state index in [0.717, 1.165) is 18.4 Å². The summed E-state index contributed by atoms with van der Waals surface area (Å²) in [6.45, 7) is 1.92. The minimum absolute atomic E-state index is 0.166. The van der Waals surface area contributed by atoms with Crippen molar-refractivity contribution < 1.29 is 14.3 Å². The van der Waals surface area contributed by atoms with Crippen molar-refractivity contribution in [2.75, 3.05) is 12.4 Å². The number of carbonyl (C=O) groups excluding carboxylic acids is 1. The smallest absolute Gasteiger partial charge is 0.274 e. The van der Waals surface area contributed by atoms with Crippen LogP contribution in [0.25, 0.3) is 11.2 Å². The molecular formula is C25H26N6O4. The Kier molecular flexibility index (Phi) is 5.72. The van der Waals surface area contributed by atoms with Gasteiger partial charge in [0.2, 0.25) is 5.95 Å². The molecule has 4 heterocycles. The number of carbonyl (C=O) groups is 1. The van der Waals surface area contributed by atoms with E-state index in [0.29, 0.717) is 52.2 Å². The summed E-state index contributed by atoms with van der Waals surface area (Å²) in [4.78, 5) is 38.0. The zero-order valence-electron chi connectivity index (χ0n) is 20.0. The van der Waals surface area contributed by atoms with Crippen molar-refractivity contribution in [2.45, 2.75) is 26.2 Å². The Morgan fingerprint density at radius 1 is 1.23 bits per heavy atom. The maximum absolute atomic E-state index is 12.5. The molecule has 0 aromatic carbocycles. The van der Waals surface area contributed by atoms with Crippen LogP contribution in [0, 0.1) is 12.8 Å². The minimum Gasteiger partial charge on any atom is -0.491 e. The molecule has 35 heavy (non-hydrogen) atoms. The maximum Gasteiger partial charge on any atom is 0.274 e. The summed E-state index contributed by atoms with van der Waals surface area (Å²) >= 11 is 0. The van der Waals surface area contributed by atoms with Gasteiger partial charge in [0, 0.05) is 44.9 Å². The zero-order chi connectivity index (χ0) is 24.7. The van der Waals surface area contributed by atoms with Crippen molar-refractivity contribution >= 4 is 28.6 Å². The number of rotatable bonds is 8. The summed E-state index contributed by atoms with van der Waals surface area (Å²) < 4.78 is 15.1. The van der Waals surface area contributed by atoms with Crippen LogP contribution in [0.15, 0.2) is 41.6 Å². The standard InChI is InChI=1S/C25H26N6O4/c1-14-9-18(24(33)30(2)13-14)28-25-29-23-21(31(25)3)22(34-4)20(12-27-23)35-17-7-8-26-16(10-17)11-19(32)15-5-6-15/h7-10,12-13,15H,5-6,11H2,1-4H3,(H,27,28,29). The van der Waals surface area contributed by atoms with Crippen molar-refractivity contribution in [1.82, 2.24) is 24.1 Å². The van der Waals surface area contributed by atoms with E-state index in [9.17, 15) is 9.59 Å². The van der Waals surface area contributed by atoms with Gasteiger partial charge in [-0.3, -0.25) is 14.6 Å². The van der Waals surface area contributed by atoms with Gasteiger partial charge in [-0.2, -0.15) is 4.98 Å². The third-order valence-electron chi connectivity index (χ3n) is 5.99. The predicted octanol–water partition coefficient (Wildman–Crippen LogP) is 3.44. The number of fused-ring (bicyclic) bond motifs is 1. The second-order valence-electron chi connectivity index (χ2n) is 8.80. The number of aryl methyl sites for hydroxylation is 3. The SMILES string of the molecule is COc1c(Oc2ccnc(CC(=O)C3CC3)c2)cnc2nc(Nc3cc(C)cn(C)c3=O)n(C)c12. The van der Waals surface area contributed by atoms with Crippen LogP contribution in [-0.2, 0) is 25.3 Å². The van der Waals surface area contributed by atoms with Gasteiger partial charge in [-0.05, 0) is 37.5 Å². The van der Waals surface area contributed by atoms with Crippen LogP contribution in [0.3, 0.4) is 0 Å². The second-order valence-corrected chi connectivity index (χ2v) is 8.80. The Bertz CT molecular complexity index is 1500. The zero-order valence-corrected chi connectivity index (χ0v) is 20.0. The number of nitrogens with zero attached hydrogens (tertiary/aromatic N) is 5. The Hall–Kier alpha value is -4.21. The van der Waals surface area contributed by atoms with Crippen LogP contribution in [0.4, 0.5) is 11.6 Å². The van der Waals surface area contributed by atoms with Crippen molar-refractivity contribution in [3.63, 3.8) is 0 Å². The molecule has 1 aliphatic carbocycles. The van der Waals surface area contributed by atoms with E-state index >= 15 is 0 Å². The molecule has 0 saturated heterocycles. The Morgan fingerprint density at radius 2 is 2.03 bits per heavy atom. The highest BCUT2D eigenvalue weighted by Gasteiger charge is 2.29. The fraction of sp³-hybridized carbons (Fsp3) is 0.320. The lowest BCUT2D eigenvalue weighted by Gasteiger charge is -2.12. The van der Waals surface area contributed by atoms with Crippen LogP contribution in [0.5, 0.6) is 17.2 Å². The highest BCUT2D eigenvalue weighted by Crippen LogP contribution is 2.38. The highest BCUT2D eigenvalue weighted by molar-refractivity contribution is 5.85. The molecule has 1 N–H and O–H groups in total. The van der Waals surface area contributed by atoms with Crippen molar-refractivity contribution in [1.29, 1.82) is 0 Å². The molecule has 0 spiro atoms. The summed E-state index contributed by atoms with van der Waals surface area (Å²) in [7, 11) is 5.06. The number of imidazole rings is 1. The summed E-state index contributed by atoms with van der Waals surface area (Å²) in [6.07, 6.45) is 7.17. The average Bonchev–Trinajstić information content (AvgIpc) is 3.63. The number of Topliss-reactive ketones (excluding diaryl/α,β-unsaturated/α-hetero) is 1. The molecule has 0 atom stereocenters. The molecule has 10 nitrogen and oxygen atoms in total. The van der Waals surface area contributed by atoms with Gasteiger partial charge in [-0.15, -0.1) is 0 Å². The molecule has 180 valence electrons. The van der Waals surface area contributed by atoms with E-state index in [1.165, 1.54) is 4.57 Å². The molecule has 1 aliphatic rings. The van der Waals surface area contributed by atoms with E-state index in [1.54, 1.807) is 62.6 Å². The molecule has 0 radical (unpaired) electrons. The Labute approximate surface area is 201 Å². The number of ketones is 1. The molecule has 1 fully saturated rings. The van der Waals surface area contributed by atoms with Gasteiger partial charge < -0.3 is 23.9 Å². The number of pyridine rings is 3. The molecule has 0 unspecified atom stereocenters. The van der Waals surface area contributed by atoms with Crippen LogP contribution in [0.2, 0.25) is 0 Å². The molecular weight excluding hydrogens is 448 g/mol. The quantitative estimate of drug-likeness (QED) is 0.413. The first-order valence-electron chi connectivity index (χ1n) is 11.3. The van der Waals surface area contributed by atoms with E-state index in [-0.39, 0.29) is 17.3 Å². The fourth-order valence-corrected chi connectivity index (χ4v) is 4.07.